The lowest BCUT2D eigenvalue weighted by Gasteiger charge is -2.04. The first kappa shape index (κ1) is 11.2. The number of halogens is 2. The molecule has 0 saturated heterocycles. The normalized spacial score (nSPS) is 10.3. The summed E-state index contributed by atoms with van der Waals surface area (Å²) in [4.78, 5) is 11.5. The minimum atomic E-state index is -0.880. The maximum absolute atomic E-state index is 13.2. The maximum atomic E-state index is 13.2. The second-order valence-electron chi connectivity index (χ2n) is 3.18. The first-order valence-electron chi connectivity index (χ1n) is 4.63. The van der Waals surface area contributed by atoms with E-state index < -0.39 is 23.2 Å². The van der Waals surface area contributed by atoms with Crippen molar-refractivity contribution in [1.82, 2.24) is 10.2 Å². The number of benzene rings is 1. The quantitative estimate of drug-likeness (QED) is 0.869. The Morgan fingerprint density at radius 3 is 2.47 bits per heavy atom. The number of aryl methyl sites for hydroxylation is 1. The van der Waals surface area contributed by atoms with Gasteiger partial charge in [-0.3, -0.25) is 4.79 Å². The third-order valence-corrected chi connectivity index (χ3v) is 1.92. The summed E-state index contributed by atoms with van der Waals surface area (Å²) in [7, 11) is 0. The molecular weight excluding hydrogens is 232 g/mol. The molecule has 1 amide bonds. The van der Waals surface area contributed by atoms with Crippen LogP contribution in [0.2, 0.25) is 0 Å². The largest absolute Gasteiger partial charge is 0.417 e. The highest BCUT2D eigenvalue weighted by Crippen LogP contribution is 2.18. The molecule has 88 valence electrons. The molecule has 0 aliphatic rings. The molecule has 2 rings (SSSR count). The van der Waals surface area contributed by atoms with Gasteiger partial charge in [-0.1, -0.05) is 6.07 Å². The number of rotatable bonds is 2. The van der Waals surface area contributed by atoms with Gasteiger partial charge in [-0.25, -0.2) is 8.78 Å². The van der Waals surface area contributed by atoms with Gasteiger partial charge >= 0.3 is 11.8 Å². The summed E-state index contributed by atoms with van der Waals surface area (Å²) < 4.78 is 31.2. The van der Waals surface area contributed by atoms with E-state index in [1.54, 1.807) is 0 Å². The van der Waals surface area contributed by atoms with Crippen molar-refractivity contribution in [2.45, 2.75) is 6.92 Å². The number of aromatic nitrogens is 2. The molecule has 1 aromatic heterocycles. The van der Waals surface area contributed by atoms with Crippen LogP contribution in [0.15, 0.2) is 22.6 Å². The van der Waals surface area contributed by atoms with E-state index in [0.29, 0.717) is 0 Å². The van der Waals surface area contributed by atoms with Gasteiger partial charge in [-0.15, -0.1) is 10.2 Å². The Bertz CT molecular complexity index is 548. The van der Waals surface area contributed by atoms with Crippen LogP contribution in [-0.2, 0) is 0 Å². The molecule has 5 nitrogen and oxygen atoms in total. The molecule has 0 unspecified atom stereocenters. The summed E-state index contributed by atoms with van der Waals surface area (Å²) in [5.41, 5.74) is -0.548. The zero-order chi connectivity index (χ0) is 12.4. The number of carbonyl (C=O) groups excluding carboxylic acids is 1. The van der Waals surface area contributed by atoms with E-state index in [4.69, 9.17) is 4.42 Å². The minimum Gasteiger partial charge on any atom is -0.417 e. The van der Waals surface area contributed by atoms with E-state index in [2.05, 4.69) is 10.2 Å². The average molecular weight is 239 g/mol. The van der Waals surface area contributed by atoms with E-state index in [0.717, 1.165) is 12.1 Å². The van der Waals surface area contributed by atoms with Crippen LogP contribution in [0.25, 0.3) is 0 Å². The molecule has 0 aliphatic heterocycles. The van der Waals surface area contributed by atoms with Crippen LogP contribution in [0.1, 0.15) is 16.6 Å². The Morgan fingerprint density at radius 2 is 1.94 bits per heavy atom. The predicted octanol–water partition coefficient (Wildman–Crippen LogP) is 1.91. The van der Waals surface area contributed by atoms with Gasteiger partial charge in [0.25, 0.3) is 0 Å². The van der Waals surface area contributed by atoms with Crippen LogP contribution in [-0.4, -0.2) is 16.1 Å². The van der Waals surface area contributed by atoms with Crippen LogP contribution in [0.4, 0.5) is 14.5 Å². The summed E-state index contributed by atoms with van der Waals surface area (Å²) in [6.07, 6.45) is 0. The lowest BCUT2D eigenvalue weighted by molar-refractivity contribution is 0.0988. The van der Waals surface area contributed by atoms with Crippen molar-refractivity contribution in [1.29, 1.82) is 0 Å². The zero-order valence-electron chi connectivity index (χ0n) is 8.70. The van der Waals surface area contributed by atoms with Crippen LogP contribution >= 0.6 is 0 Å². The first-order chi connectivity index (χ1) is 8.08. The van der Waals surface area contributed by atoms with E-state index in [1.165, 1.54) is 13.0 Å². The van der Waals surface area contributed by atoms with Crippen LogP contribution < -0.4 is 5.32 Å². The fourth-order valence-corrected chi connectivity index (χ4v) is 1.17. The third kappa shape index (κ3) is 2.27. The molecule has 17 heavy (non-hydrogen) atoms. The van der Waals surface area contributed by atoms with Crippen molar-refractivity contribution in [3.8, 4) is 0 Å². The monoisotopic (exact) mass is 239 g/mol. The van der Waals surface area contributed by atoms with Crippen molar-refractivity contribution < 1.29 is 18.0 Å². The van der Waals surface area contributed by atoms with Crippen molar-refractivity contribution >= 4 is 11.6 Å². The van der Waals surface area contributed by atoms with Crippen LogP contribution in [0, 0.1) is 18.6 Å². The van der Waals surface area contributed by atoms with Crippen LogP contribution in [0.3, 0.4) is 0 Å². The Balaban J connectivity index is 2.24. The highest BCUT2D eigenvalue weighted by molar-refractivity contribution is 6.00. The maximum Gasteiger partial charge on any atom is 0.313 e. The van der Waals surface area contributed by atoms with Gasteiger partial charge in [0.15, 0.2) is 0 Å². The van der Waals surface area contributed by atoms with Gasteiger partial charge < -0.3 is 9.73 Å². The zero-order valence-corrected chi connectivity index (χ0v) is 8.70. The average Bonchev–Trinajstić information content (AvgIpc) is 2.70. The summed E-state index contributed by atoms with van der Waals surface area (Å²) in [5, 5.41) is 8.88. The molecule has 7 heteroatoms. The first-order valence-corrected chi connectivity index (χ1v) is 4.63. The standard InChI is InChI=1S/C10H7F2N3O2/c1-5-14-15-10(17-5)9(16)13-8-6(11)3-2-4-7(8)12/h2-4H,1H3,(H,13,16). The molecule has 0 spiro atoms. The van der Waals surface area contributed by atoms with Crippen LogP contribution in [0.5, 0.6) is 0 Å². The van der Waals surface area contributed by atoms with Crippen molar-refractivity contribution in [2.24, 2.45) is 0 Å². The Morgan fingerprint density at radius 1 is 1.29 bits per heavy atom. The Kier molecular flexibility index (Phi) is 2.82. The van der Waals surface area contributed by atoms with E-state index in [-0.39, 0.29) is 11.8 Å². The molecular formula is C10H7F2N3O2. The van der Waals surface area contributed by atoms with Crippen molar-refractivity contribution in [2.75, 3.05) is 5.32 Å². The number of para-hydroxylation sites is 1. The summed E-state index contributed by atoms with van der Waals surface area (Å²) in [6, 6.07) is 3.24. The Hall–Kier alpha value is -2.31. The molecule has 0 saturated carbocycles. The predicted molar refractivity (Wildman–Crippen MR) is 53.3 cm³/mol. The topological polar surface area (TPSA) is 68.0 Å². The van der Waals surface area contributed by atoms with Gasteiger partial charge in [-0.2, -0.15) is 0 Å². The number of nitrogens with zero attached hydrogens (tertiary/aromatic N) is 2. The minimum absolute atomic E-state index is 0.184. The molecule has 0 aliphatic carbocycles. The summed E-state index contributed by atoms with van der Waals surface area (Å²) in [6.45, 7) is 1.49. The number of amides is 1. The number of hydrogen-bond donors (Lipinski definition) is 1. The van der Waals surface area contributed by atoms with Gasteiger partial charge in [0, 0.05) is 6.92 Å². The molecule has 1 heterocycles. The fourth-order valence-electron chi connectivity index (χ4n) is 1.17. The lowest BCUT2D eigenvalue weighted by Crippen LogP contribution is -2.14. The second-order valence-corrected chi connectivity index (χ2v) is 3.18. The molecule has 1 aromatic carbocycles. The van der Waals surface area contributed by atoms with E-state index in [1.807, 2.05) is 5.32 Å². The van der Waals surface area contributed by atoms with Gasteiger partial charge in [0.2, 0.25) is 5.89 Å². The molecule has 0 radical (unpaired) electrons. The lowest BCUT2D eigenvalue weighted by atomic mass is 10.3. The highest BCUT2D eigenvalue weighted by Gasteiger charge is 2.17. The molecule has 0 fully saturated rings. The SMILES string of the molecule is Cc1nnc(C(=O)Nc2c(F)cccc2F)o1. The Labute approximate surface area is 94.5 Å². The highest BCUT2D eigenvalue weighted by atomic mass is 19.1. The number of nitrogens with one attached hydrogen (secondary N) is 1. The molecule has 2 aromatic rings. The smallest absolute Gasteiger partial charge is 0.313 e. The second kappa shape index (κ2) is 4.28. The summed E-state index contributed by atoms with van der Waals surface area (Å²) >= 11 is 0. The number of carbonyl (C=O) groups is 1. The fraction of sp³-hybridized carbons (Fsp3) is 0.100. The molecule has 0 bridgehead atoms. The number of anilines is 1. The number of hydrogen-bond acceptors (Lipinski definition) is 4. The molecule has 1 N–H and O–H groups in total. The van der Waals surface area contributed by atoms with Crippen molar-refractivity contribution in [3.63, 3.8) is 0 Å². The van der Waals surface area contributed by atoms with Crippen molar-refractivity contribution in [3.05, 3.63) is 41.6 Å². The van der Waals surface area contributed by atoms with Gasteiger partial charge in [-0.05, 0) is 12.1 Å². The van der Waals surface area contributed by atoms with Gasteiger partial charge in [0.05, 0.1) is 0 Å². The van der Waals surface area contributed by atoms with Gasteiger partial charge in [0.1, 0.15) is 17.3 Å². The third-order valence-electron chi connectivity index (χ3n) is 1.92. The molecule has 0 atom stereocenters. The van der Waals surface area contributed by atoms with E-state index >= 15 is 0 Å². The summed E-state index contributed by atoms with van der Waals surface area (Å²) in [5.74, 6) is -2.80. The van der Waals surface area contributed by atoms with E-state index in [9.17, 15) is 13.6 Å².